The highest BCUT2D eigenvalue weighted by Crippen LogP contribution is 2.33. The molecule has 0 aliphatic carbocycles. The second-order valence-electron chi connectivity index (χ2n) is 3.79. The van der Waals surface area contributed by atoms with E-state index < -0.39 is 0 Å². The Kier molecular flexibility index (Phi) is 2.33. The summed E-state index contributed by atoms with van der Waals surface area (Å²) in [5, 5.41) is 0. The monoisotopic (exact) mass is 239 g/mol. The van der Waals surface area contributed by atoms with Gasteiger partial charge in [0.15, 0.2) is 0 Å². The van der Waals surface area contributed by atoms with Gasteiger partial charge in [0, 0.05) is 17.1 Å². The number of aryl methyl sites for hydroxylation is 1. The summed E-state index contributed by atoms with van der Waals surface area (Å²) in [7, 11) is 0. The summed E-state index contributed by atoms with van der Waals surface area (Å²) in [5.41, 5.74) is 2.68. The zero-order chi connectivity index (χ0) is 9.42. The lowest BCUT2D eigenvalue weighted by atomic mass is 10.0. The summed E-state index contributed by atoms with van der Waals surface area (Å²) in [5.74, 6) is 0. The lowest BCUT2D eigenvalue weighted by Crippen LogP contribution is -2.45. The molecule has 0 bridgehead atoms. The standard InChI is InChI=1S/C11H14BrN/c1-8-3-4-10(12)11(7-8)13-6-5-9(13)2/h3-4,7,9H,5-6H2,1-2H3. The van der Waals surface area contributed by atoms with E-state index in [1.165, 1.54) is 28.7 Å². The van der Waals surface area contributed by atoms with Crippen molar-refractivity contribution in [1.29, 1.82) is 0 Å². The summed E-state index contributed by atoms with van der Waals surface area (Å²) in [6, 6.07) is 7.23. The lowest BCUT2D eigenvalue weighted by Gasteiger charge is -2.41. The average Bonchev–Trinajstić information content (AvgIpc) is 2.09. The summed E-state index contributed by atoms with van der Waals surface area (Å²) >= 11 is 3.59. The quantitative estimate of drug-likeness (QED) is 0.727. The van der Waals surface area contributed by atoms with Crippen LogP contribution in [-0.4, -0.2) is 12.6 Å². The molecule has 2 heteroatoms. The van der Waals surface area contributed by atoms with E-state index in [2.05, 4.69) is 52.9 Å². The Labute approximate surface area is 87.9 Å². The average molecular weight is 240 g/mol. The van der Waals surface area contributed by atoms with Crippen LogP contribution in [0.4, 0.5) is 5.69 Å². The molecule has 1 unspecified atom stereocenters. The van der Waals surface area contributed by atoms with Crippen molar-refractivity contribution in [3.63, 3.8) is 0 Å². The van der Waals surface area contributed by atoms with Crippen LogP contribution in [-0.2, 0) is 0 Å². The van der Waals surface area contributed by atoms with Gasteiger partial charge in [-0.3, -0.25) is 0 Å². The second kappa shape index (κ2) is 3.33. The predicted octanol–water partition coefficient (Wildman–Crippen LogP) is 3.36. The molecule has 1 nitrogen and oxygen atoms in total. The minimum absolute atomic E-state index is 0.707. The Bertz CT molecular complexity index is 322. The molecule has 1 saturated heterocycles. The van der Waals surface area contributed by atoms with Crippen LogP contribution in [0.25, 0.3) is 0 Å². The highest BCUT2D eigenvalue weighted by atomic mass is 79.9. The zero-order valence-electron chi connectivity index (χ0n) is 8.05. The SMILES string of the molecule is Cc1ccc(Br)c(N2CCC2C)c1. The molecule has 0 spiro atoms. The maximum atomic E-state index is 3.59. The molecule has 1 aliphatic rings. The molecule has 1 aromatic carbocycles. The Morgan fingerprint density at radius 2 is 2.23 bits per heavy atom. The highest BCUT2D eigenvalue weighted by Gasteiger charge is 2.24. The fourth-order valence-corrected chi connectivity index (χ4v) is 2.19. The molecule has 0 aromatic heterocycles. The molecule has 13 heavy (non-hydrogen) atoms. The molecule has 1 heterocycles. The smallest absolute Gasteiger partial charge is 0.0515 e. The third kappa shape index (κ3) is 1.60. The molecule has 0 saturated carbocycles. The van der Waals surface area contributed by atoms with Gasteiger partial charge in [-0.05, 0) is 53.9 Å². The first-order valence-corrected chi connectivity index (χ1v) is 5.50. The van der Waals surface area contributed by atoms with Crippen molar-refractivity contribution < 1.29 is 0 Å². The first kappa shape index (κ1) is 9.07. The first-order chi connectivity index (χ1) is 6.18. The van der Waals surface area contributed by atoms with Crippen LogP contribution < -0.4 is 4.90 Å². The van der Waals surface area contributed by atoms with E-state index in [1.54, 1.807) is 0 Å². The molecular weight excluding hydrogens is 226 g/mol. The first-order valence-electron chi connectivity index (χ1n) is 4.71. The van der Waals surface area contributed by atoms with Gasteiger partial charge in [-0.2, -0.15) is 0 Å². The van der Waals surface area contributed by atoms with Crippen molar-refractivity contribution in [3.05, 3.63) is 28.2 Å². The highest BCUT2D eigenvalue weighted by molar-refractivity contribution is 9.10. The number of halogens is 1. The van der Waals surface area contributed by atoms with Gasteiger partial charge in [0.05, 0.1) is 5.69 Å². The van der Waals surface area contributed by atoms with Gasteiger partial charge in [0.1, 0.15) is 0 Å². The molecule has 0 radical (unpaired) electrons. The number of nitrogens with zero attached hydrogens (tertiary/aromatic N) is 1. The Morgan fingerprint density at radius 3 is 2.77 bits per heavy atom. The predicted molar refractivity (Wildman–Crippen MR) is 60.3 cm³/mol. The van der Waals surface area contributed by atoms with Crippen molar-refractivity contribution >= 4 is 21.6 Å². The fraction of sp³-hybridized carbons (Fsp3) is 0.455. The minimum atomic E-state index is 0.707. The van der Waals surface area contributed by atoms with Gasteiger partial charge in [0.25, 0.3) is 0 Å². The molecule has 2 rings (SSSR count). The summed E-state index contributed by atoms with van der Waals surface area (Å²) in [6.07, 6.45) is 1.32. The van der Waals surface area contributed by atoms with E-state index in [0.29, 0.717) is 6.04 Å². The van der Waals surface area contributed by atoms with Crippen LogP contribution in [0.3, 0.4) is 0 Å². The van der Waals surface area contributed by atoms with Crippen LogP contribution in [0, 0.1) is 6.92 Å². The van der Waals surface area contributed by atoms with E-state index in [-0.39, 0.29) is 0 Å². The molecule has 0 amide bonds. The van der Waals surface area contributed by atoms with Crippen molar-refractivity contribution in [2.45, 2.75) is 26.3 Å². The molecular formula is C11H14BrN. The number of hydrogen-bond acceptors (Lipinski definition) is 1. The van der Waals surface area contributed by atoms with E-state index >= 15 is 0 Å². The van der Waals surface area contributed by atoms with E-state index in [4.69, 9.17) is 0 Å². The van der Waals surface area contributed by atoms with Gasteiger partial charge in [0.2, 0.25) is 0 Å². The van der Waals surface area contributed by atoms with Crippen LogP contribution in [0.15, 0.2) is 22.7 Å². The molecule has 1 aliphatic heterocycles. The van der Waals surface area contributed by atoms with Gasteiger partial charge in [-0.25, -0.2) is 0 Å². The summed E-state index contributed by atoms with van der Waals surface area (Å²) < 4.78 is 1.21. The van der Waals surface area contributed by atoms with Gasteiger partial charge < -0.3 is 4.90 Å². The molecule has 70 valence electrons. The number of rotatable bonds is 1. The normalized spacial score (nSPS) is 21.5. The summed E-state index contributed by atoms with van der Waals surface area (Å²) in [4.78, 5) is 2.44. The van der Waals surface area contributed by atoms with Crippen LogP contribution in [0.1, 0.15) is 18.9 Å². The number of anilines is 1. The van der Waals surface area contributed by atoms with Crippen LogP contribution in [0.2, 0.25) is 0 Å². The molecule has 1 aromatic rings. The summed E-state index contributed by atoms with van der Waals surface area (Å²) in [6.45, 7) is 5.61. The molecule has 0 N–H and O–H groups in total. The van der Waals surface area contributed by atoms with E-state index in [9.17, 15) is 0 Å². The molecule has 1 atom stereocenters. The Hall–Kier alpha value is -0.500. The molecule has 1 fully saturated rings. The maximum absolute atomic E-state index is 3.59. The van der Waals surface area contributed by atoms with Gasteiger partial charge in [-0.15, -0.1) is 0 Å². The van der Waals surface area contributed by atoms with Crippen molar-refractivity contribution in [3.8, 4) is 0 Å². The third-order valence-electron chi connectivity index (χ3n) is 2.73. The van der Waals surface area contributed by atoms with Crippen molar-refractivity contribution in [2.24, 2.45) is 0 Å². The number of hydrogen-bond donors (Lipinski definition) is 0. The minimum Gasteiger partial charge on any atom is -0.368 e. The van der Waals surface area contributed by atoms with Crippen molar-refractivity contribution in [2.75, 3.05) is 11.4 Å². The van der Waals surface area contributed by atoms with Crippen LogP contribution >= 0.6 is 15.9 Å². The Balaban J connectivity index is 2.33. The Morgan fingerprint density at radius 1 is 1.46 bits per heavy atom. The number of benzene rings is 1. The zero-order valence-corrected chi connectivity index (χ0v) is 9.63. The fourth-order valence-electron chi connectivity index (χ4n) is 1.72. The van der Waals surface area contributed by atoms with Gasteiger partial charge in [-0.1, -0.05) is 6.07 Å². The topological polar surface area (TPSA) is 3.24 Å². The van der Waals surface area contributed by atoms with E-state index in [1.807, 2.05) is 0 Å². The third-order valence-corrected chi connectivity index (χ3v) is 3.40. The maximum Gasteiger partial charge on any atom is 0.0515 e. The largest absolute Gasteiger partial charge is 0.368 e. The van der Waals surface area contributed by atoms with Crippen molar-refractivity contribution in [1.82, 2.24) is 0 Å². The van der Waals surface area contributed by atoms with Crippen LogP contribution in [0.5, 0.6) is 0 Å². The second-order valence-corrected chi connectivity index (χ2v) is 4.64. The van der Waals surface area contributed by atoms with Gasteiger partial charge >= 0.3 is 0 Å². The van der Waals surface area contributed by atoms with E-state index in [0.717, 1.165) is 0 Å². The lowest BCUT2D eigenvalue weighted by molar-refractivity contribution is 0.480.